The van der Waals surface area contributed by atoms with Crippen LogP contribution >= 0.6 is 0 Å². The van der Waals surface area contributed by atoms with Crippen LogP contribution in [0.4, 0.5) is 0 Å². The SMILES string of the molecule is CCC(C)C1CN(CC2CCC2)C(C(C)C)CN1. The molecule has 0 aromatic rings. The minimum atomic E-state index is 0.713. The molecule has 1 aliphatic carbocycles. The van der Waals surface area contributed by atoms with Crippen LogP contribution in [-0.4, -0.2) is 36.6 Å². The van der Waals surface area contributed by atoms with E-state index < -0.39 is 0 Å². The molecule has 0 aromatic carbocycles. The van der Waals surface area contributed by atoms with Crippen molar-refractivity contribution < 1.29 is 0 Å². The lowest BCUT2D eigenvalue weighted by Gasteiger charge is -2.46. The third kappa shape index (κ3) is 3.27. The molecule has 106 valence electrons. The van der Waals surface area contributed by atoms with Crippen molar-refractivity contribution in [2.24, 2.45) is 17.8 Å². The van der Waals surface area contributed by atoms with Crippen molar-refractivity contribution >= 4 is 0 Å². The summed E-state index contributed by atoms with van der Waals surface area (Å²) in [6, 6.07) is 1.47. The minimum absolute atomic E-state index is 0.713. The van der Waals surface area contributed by atoms with E-state index in [1.165, 1.54) is 45.3 Å². The molecule has 2 heteroatoms. The molecule has 3 unspecified atom stereocenters. The molecule has 0 radical (unpaired) electrons. The second-order valence-corrected chi connectivity index (χ2v) is 6.96. The molecule has 0 aromatic heterocycles. The largest absolute Gasteiger partial charge is 0.311 e. The van der Waals surface area contributed by atoms with Gasteiger partial charge in [-0.05, 0) is 30.6 Å². The molecule has 1 aliphatic heterocycles. The third-order valence-electron chi connectivity index (χ3n) is 5.31. The quantitative estimate of drug-likeness (QED) is 0.809. The second kappa shape index (κ2) is 6.38. The van der Waals surface area contributed by atoms with Gasteiger partial charge in [0.15, 0.2) is 0 Å². The lowest BCUT2D eigenvalue weighted by atomic mass is 9.83. The van der Waals surface area contributed by atoms with E-state index in [9.17, 15) is 0 Å². The molecule has 1 saturated heterocycles. The lowest BCUT2D eigenvalue weighted by Crippen LogP contribution is -2.60. The first kappa shape index (κ1) is 14.3. The van der Waals surface area contributed by atoms with E-state index in [-0.39, 0.29) is 0 Å². The van der Waals surface area contributed by atoms with Crippen molar-refractivity contribution in [3.8, 4) is 0 Å². The van der Waals surface area contributed by atoms with Crippen molar-refractivity contribution in [2.45, 2.75) is 65.5 Å². The summed E-state index contributed by atoms with van der Waals surface area (Å²) in [6.07, 6.45) is 5.71. The first-order valence-electron chi connectivity index (χ1n) is 8.09. The van der Waals surface area contributed by atoms with Gasteiger partial charge in [-0.1, -0.05) is 40.5 Å². The van der Waals surface area contributed by atoms with Gasteiger partial charge in [-0.3, -0.25) is 4.90 Å². The molecular formula is C16H32N2. The van der Waals surface area contributed by atoms with E-state index in [4.69, 9.17) is 0 Å². The summed E-state index contributed by atoms with van der Waals surface area (Å²) in [5.74, 6) is 2.58. The van der Waals surface area contributed by atoms with Crippen molar-refractivity contribution in [3.63, 3.8) is 0 Å². The van der Waals surface area contributed by atoms with Crippen molar-refractivity contribution in [1.82, 2.24) is 10.2 Å². The molecule has 2 aliphatic rings. The summed E-state index contributed by atoms with van der Waals surface area (Å²) in [4.78, 5) is 2.81. The number of nitrogens with zero attached hydrogens (tertiary/aromatic N) is 1. The van der Waals surface area contributed by atoms with Gasteiger partial charge >= 0.3 is 0 Å². The fraction of sp³-hybridized carbons (Fsp3) is 1.00. The van der Waals surface area contributed by atoms with Crippen LogP contribution < -0.4 is 5.32 Å². The first-order valence-corrected chi connectivity index (χ1v) is 8.09. The topological polar surface area (TPSA) is 15.3 Å². The van der Waals surface area contributed by atoms with Crippen LogP contribution in [0.2, 0.25) is 0 Å². The molecule has 1 N–H and O–H groups in total. The predicted molar refractivity (Wildman–Crippen MR) is 78.8 cm³/mol. The average Bonchev–Trinajstić information content (AvgIpc) is 2.32. The highest BCUT2D eigenvalue weighted by Gasteiger charge is 2.33. The van der Waals surface area contributed by atoms with Crippen LogP contribution in [0.3, 0.4) is 0 Å². The summed E-state index contributed by atoms with van der Waals surface area (Å²) >= 11 is 0. The van der Waals surface area contributed by atoms with E-state index >= 15 is 0 Å². The Kier molecular flexibility index (Phi) is 5.08. The maximum Gasteiger partial charge on any atom is 0.0244 e. The summed E-state index contributed by atoms with van der Waals surface area (Å²) in [5, 5.41) is 3.80. The molecule has 2 fully saturated rings. The van der Waals surface area contributed by atoms with Crippen LogP contribution in [0.1, 0.15) is 53.4 Å². The van der Waals surface area contributed by atoms with Gasteiger partial charge in [0.05, 0.1) is 0 Å². The predicted octanol–water partition coefficient (Wildman–Crippen LogP) is 3.13. The molecule has 0 bridgehead atoms. The Hall–Kier alpha value is -0.0800. The zero-order valence-electron chi connectivity index (χ0n) is 12.8. The molecule has 0 amide bonds. The molecule has 2 nitrogen and oxygen atoms in total. The van der Waals surface area contributed by atoms with Gasteiger partial charge in [0.1, 0.15) is 0 Å². The van der Waals surface area contributed by atoms with Gasteiger partial charge in [0.2, 0.25) is 0 Å². The normalized spacial score (nSPS) is 32.5. The average molecular weight is 252 g/mol. The minimum Gasteiger partial charge on any atom is -0.311 e. The van der Waals surface area contributed by atoms with Gasteiger partial charge in [-0.25, -0.2) is 0 Å². The Morgan fingerprint density at radius 1 is 1.22 bits per heavy atom. The highest BCUT2D eigenvalue weighted by atomic mass is 15.2. The van der Waals surface area contributed by atoms with Gasteiger partial charge in [0.25, 0.3) is 0 Å². The maximum atomic E-state index is 3.80. The van der Waals surface area contributed by atoms with Crippen LogP contribution in [-0.2, 0) is 0 Å². The Labute approximate surface area is 114 Å². The fourth-order valence-corrected chi connectivity index (χ4v) is 3.39. The summed E-state index contributed by atoms with van der Waals surface area (Å²) in [7, 11) is 0. The molecule has 1 saturated carbocycles. The Morgan fingerprint density at radius 3 is 2.44 bits per heavy atom. The summed E-state index contributed by atoms with van der Waals surface area (Å²) in [6.45, 7) is 13.3. The number of piperazine rings is 1. The Balaban J connectivity index is 1.93. The van der Waals surface area contributed by atoms with Gasteiger partial charge in [0, 0.05) is 31.7 Å². The number of hydrogen-bond donors (Lipinski definition) is 1. The monoisotopic (exact) mass is 252 g/mol. The smallest absolute Gasteiger partial charge is 0.0244 e. The highest BCUT2D eigenvalue weighted by molar-refractivity contribution is 4.91. The molecule has 3 atom stereocenters. The maximum absolute atomic E-state index is 3.80. The van der Waals surface area contributed by atoms with Crippen molar-refractivity contribution in [1.29, 1.82) is 0 Å². The zero-order valence-corrected chi connectivity index (χ0v) is 12.8. The van der Waals surface area contributed by atoms with Gasteiger partial charge < -0.3 is 5.32 Å². The van der Waals surface area contributed by atoms with E-state index in [0.717, 1.165) is 23.8 Å². The fourth-order valence-electron chi connectivity index (χ4n) is 3.39. The summed E-state index contributed by atoms with van der Waals surface area (Å²) in [5.41, 5.74) is 0. The summed E-state index contributed by atoms with van der Waals surface area (Å²) < 4.78 is 0. The third-order valence-corrected chi connectivity index (χ3v) is 5.31. The molecule has 2 rings (SSSR count). The van der Waals surface area contributed by atoms with E-state index in [2.05, 4.69) is 37.9 Å². The lowest BCUT2D eigenvalue weighted by molar-refractivity contribution is 0.0533. The molecular weight excluding hydrogens is 220 g/mol. The van der Waals surface area contributed by atoms with Crippen LogP contribution in [0.25, 0.3) is 0 Å². The molecule has 1 heterocycles. The van der Waals surface area contributed by atoms with Crippen LogP contribution in [0.5, 0.6) is 0 Å². The zero-order chi connectivity index (χ0) is 13.1. The van der Waals surface area contributed by atoms with Gasteiger partial charge in [-0.2, -0.15) is 0 Å². The van der Waals surface area contributed by atoms with E-state index in [1.807, 2.05) is 0 Å². The number of hydrogen-bond acceptors (Lipinski definition) is 2. The van der Waals surface area contributed by atoms with Crippen molar-refractivity contribution in [3.05, 3.63) is 0 Å². The first-order chi connectivity index (χ1) is 8.61. The molecule has 0 spiro atoms. The van der Waals surface area contributed by atoms with Crippen LogP contribution in [0.15, 0.2) is 0 Å². The van der Waals surface area contributed by atoms with Gasteiger partial charge in [-0.15, -0.1) is 0 Å². The number of nitrogens with one attached hydrogen (secondary N) is 1. The van der Waals surface area contributed by atoms with E-state index in [0.29, 0.717) is 6.04 Å². The van der Waals surface area contributed by atoms with Crippen LogP contribution in [0, 0.1) is 17.8 Å². The number of rotatable bonds is 5. The standard InChI is InChI=1S/C16H32N2/c1-5-13(4)15-11-18(10-14-7-6-8-14)16(9-17-15)12(2)3/h12-17H,5-11H2,1-4H3. The Morgan fingerprint density at radius 2 is 1.94 bits per heavy atom. The van der Waals surface area contributed by atoms with Crippen molar-refractivity contribution in [2.75, 3.05) is 19.6 Å². The van der Waals surface area contributed by atoms with E-state index in [1.54, 1.807) is 0 Å². The Bertz CT molecular complexity index is 247. The molecule has 18 heavy (non-hydrogen) atoms. The highest BCUT2D eigenvalue weighted by Crippen LogP contribution is 2.30. The second-order valence-electron chi connectivity index (χ2n) is 6.96.